The number of nitrogens with one attached hydrogen (secondary N) is 1. The molecule has 0 radical (unpaired) electrons. The summed E-state index contributed by atoms with van der Waals surface area (Å²) < 4.78 is 0. The molecule has 78 valence electrons. The van der Waals surface area contributed by atoms with Crippen LogP contribution in [0.1, 0.15) is 24.4 Å². The van der Waals surface area contributed by atoms with Crippen LogP contribution in [0.4, 0.5) is 0 Å². The van der Waals surface area contributed by atoms with Gasteiger partial charge in [-0.2, -0.15) is 0 Å². The van der Waals surface area contributed by atoms with Crippen LogP contribution in [0, 0.1) is 6.92 Å². The molecule has 4 nitrogen and oxygen atoms in total. The maximum absolute atomic E-state index is 11.7. The molecular weight excluding hydrogens is 190 g/mol. The molecular formula is C11H13N3O. The molecule has 0 fully saturated rings. The lowest BCUT2D eigenvalue weighted by atomic mass is 10.1. The molecule has 1 heterocycles. The molecule has 0 aliphatic carbocycles. The van der Waals surface area contributed by atoms with Crippen molar-refractivity contribution in [2.75, 3.05) is 0 Å². The molecule has 0 spiro atoms. The van der Waals surface area contributed by atoms with Gasteiger partial charge in [-0.1, -0.05) is 12.1 Å². The molecule has 1 atom stereocenters. The molecule has 4 heteroatoms. The van der Waals surface area contributed by atoms with Gasteiger partial charge in [0, 0.05) is 0 Å². The first-order chi connectivity index (χ1) is 7.09. The van der Waals surface area contributed by atoms with Gasteiger partial charge in [-0.15, -0.1) is 0 Å². The number of aromatic amines is 1. The van der Waals surface area contributed by atoms with Crippen molar-refractivity contribution in [3.63, 3.8) is 0 Å². The van der Waals surface area contributed by atoms with Gasteiger partial charge in [-0.3, -0.25) is 4.79 Å². The molecule has 1 aromatic carbocycles. The van der Waals surface area contributed by atoms with Crippen molar-refractivity contribution in [1.82, 2.24) is 9.97 Å². The van der Waals surface area contributed by atoms with E-state index in [1.807, 2.05) is 19.1 Å². The van der Waals surface area contributed by atoms with Crippen LogP contribution in [0.2, 0.25) is 0 Å². The van der Waals surface area contributed by atoms with Crippen LogP contribution < -0.4 is 11.3 Å². The summed E-state index contributed by atoms with van der Waals surface area (Å²) in [7, 11) is 0. The summed E-state index contributed by atoms with van der Waals surface area (Å²) in [4.78, 5) is 18.7. The minimum Gasteiger partial charge on any atom is -0.322 e. The van der Waals surface area contributed by atoms with E-state index in [0.717, 1.165) is 11.1 Å². The van der Waals surface area contributed by atoms with E-state index in [9.17, 15) is 4.79 Å². The van der Waals surface area contributed by atoms with E-state index >= 15 is 0 Å². The Morgan fingerprint density at radius 2 is 2.20 bits per heavy atom. The van der Waals surface area contributed by atoms with Crippen LogP contribution in [-0.2, 0) is 0 Å². The highest BCUT2D eigenvalue weighted by molar-refractivity contribution is 5.80. The number of aromatic nitrogens is 2. The number of H-pyrrole nitrogens is 1. The first-order valence-electron chi connectivity index (χ1n) is 4.84. The van der Waals surface area contributed by atoms with Gasteiger partial charge in [0.05, 0.1) is 16.9 Å². The third kappa shape index (κ3) is 1.64. The second-order valence-corrected chi connectivity index (χ2v) is 3.71. The highest BCUT2D eigenvalue weighted by atomic mass is 16.1. The Bertz CT molecular complexity index is 557. The monoisotopic (exact) mass is 203 g/mol. The number of hydrogen-bond donors (Lipinski definition) is 2. The molecule has 0 aliphatic heterocycles. The molecule has 0 amide bonds. The third-order valence-electron chi connectivity index (χ3n) is 2.39. The molecule has 0 saturated heterocycles. The highest BCUT2D eigenvalue weighted by Crippen LogP contribution is 2.13. The first kappa shape index (κ1) is 9.86. The standard InChI is InChI=1S/C11H13N3O/c1-6-4-3-5-8-9(6)13-10(7(2)12)14-11(8)15/h3-5,7H,12H2,1-2H3,(H,13,14,15). The number of benzene rings is 1. The Morgan fingerprint density at radius 3 is 2.87 bits per heavy atom. The molecule has 3 N–H and O–H groups in total. The molecule has 0 aliphatic rings. The lowest BCUT2D eigenvalue weighted by Gasteiger charge is -2.06. The van der Waals surface area contributed by atoms with E-state index in [1.54, 1.807) is 13.0 Å². The Kier molecular flexibility index (Phi) is 2.28. The number of nitrogens with zero attached hydrogens (tertiary/aromatic N) is 1. The van der Waals surface area contributed by atoms with Crippen LogP contribution in [-0.4, -0.2) is 9.97 Å². The van der Waals surface area contributed by atoms with E-state index in [4.69, 9.17) is 5.73 Å². The molecule has 1 unspecified atom stereocenters. The zero-order valence-corrected chi connectivity index (χ0v) is 8.74. The minimum absolute atomic E-state index is 0.129. The average molecular weight is 203 g/mol. The Morgan fingerprint density at radius 1 is 1.47 bits per heavy atom. The zero-order chi connectivity index (χ0) is 11.0. The number of nitrogens with two attached hydrogens (primary N) is 1. The van der Waals surface area contributed by atoms with Crippen LogP contribution in [0.3, 0.4) is 0 Å². The SMILES string of the molecule is Cc1cccc2c(=O)[nH]c(C(C)N)nc12. The smallest absolute Gasteiger partial charge is 0.258 e. The van der Waals surface area contributed by atoms with Gasteiger partial charge in [-0.05, 0) is 25.5 Å². The van der Waals surface area contributed by atoms with Crippen LogP contribution >= 0.6 is 0 Å². The molecule has 2 rings (SSSR count). The first-order valence-corrected chi connectivity index (χ1v) is 4.84. The summed E-state index contributed by atoms with van der Waals surface area (Å²) in [5.41, 5.74) is 7.28. The quantitative estimate of drug-likeness (QED) is 0.732. The normalized spacial score (nSPS) is 13.0. The highest BCUT2D eigenvalue weighted by Gasteiger charge is 2.07. The fraction of sp³-hybridized carbons (Fsp3) is 0.273. The predicted molar refractivity (Wildman–Crippen MR) is 59.7 cm³/mol. The van der Waals surface area contributed by atoms with Gasteiger partial charge >= 0.3 is 0 Å². The van der Waals surface area contributed by atoms with Crippen molar-refractivity contribution in [3.05, 3.63) is 39.9 Å². The van der Waals surface area contributed by atoms with Crippen LogP contribution in [0.25, 0.3) is 10.9 Å². The zero-order valence-electron chi connectivity index (χ0n) is 8.74. The number of rotatable bonds is 1. The van der Waals surface area contributed by atoms with Gasteiger partial charge in [-0.25, -0.2) is 4.98 Å². The topological polar surface area (TPSA) is 71.8 Å². The van der Waals surface area contributed by atoms with Crippen molar-refractivity contribution in [3.8, 4) is 0 Å². The van der Waals surface area contributed by atoms with E-state index < -0.39 is 0 Å². The van der Waals surface area contributed by atoms with E-state index in [0.29, 0.717) is 11.2 Å². The third-order valence-corrected chi connectivity index (χ3v) is 2.39. The fourth-order valence-corrected chi connectivity index (χ4v) is 1.54. The Hall–Kier alpha value is -1.68. The summed E-state index contributed by atoms with van der Waals surface area (Å²) >= 11 is 0. The summed E-state index contributed by atoms with van der Waals surface area (Å²) in [6, 6.07) is 5.28. The van der Waals surface area contributed by atoms with E-state index in [-0.39, 0.29) is 11.6 Å². The maximum Gasteiger partial charge on any atom is 0.258 e. The largest absolute Gasteiger partial charge is 0.322 e. The van der Waals surface area contributed by atoms with E-state index in [2.05, 4.69) is 9.97 Å². The summed E-state index contributed by atoms with van der Waals surface area (Å²) in [5.74, 6) is 0.529. The second-order valence-electron chi connectivity index (χ2n) is 3.71. The van der Waals surface area contributed by atoms with Crippen molar-refractivity contribution >= 4 is 10.9 Å². The van der Waals surface area contributed by atoms with Gasteiger partial charge in [0.15, 0.2) is 0 Å². The van der Waals surface area contributed by atoms with Gasteiger partial charge in [0.1, 0.15) is 5.82 Å². The number of para-hydroxylation sites is 1. The molecule has 2 aromatic rings. The number of fused-ring (bicyclic) bond motifs is 1. The lowest BCUT2D eigenvalue weighted by Crippen LogP contribution is -2.18. The van der Waals surface area contributed by atoms with E-state index in [1.165, 1.54) is 0 Å². The van der Waals surface area contributed by atoms with Gasteiger partial charge in [0.2, 0.25) is 0 Å². The van der Waals surface area contributed by atoms with Crippen molar-refractivity contribution in [1.29, 1.82) is 0 Å². The summed E-state index contributed by atoms with van der Waals surface area (Å²) in [6.45, 7) is 3.72. The van der Waals surface area contributed by atoms with Crippen LogP contribution in [0.15, 0.2) is 23.0 Å². The van der Waals surface area contributed by atoms with Gasteiger partial charge in [0.25, 0.3) is 5.56 Å². The minimum atomic E-state index is -0.262. The van der Waals surface area contributed by atoms with Crippen molar-refractivity contribution in [2.24, 2.45) is 5.73 Å². The fourth-order valence-electron chi connectivity index (χ4n) is 1.54. The Labute approximate surface area is 87.1 Å². The lowest BCUT2D eigenvalue weighted by molar-refractivity contribution is 0.741. The summed E-state index contributed by atoms with van der Waals surface area (Å²) in [5, 5.41) is 0.611. The molecule has 1 aromatic heterocycles. The second kappa shape index (κ2) is 3.47. The van der Waals surface area contributed by atoms with Crippen molar-refractivity contribution < 1.29 is 0 Å². The number of aryl methyl sites for hydroxylation is 1. The Balaban J connectivity index is 2.86. The molecule has 15 heavy (non-hydrogen) atoms. The predicted octanol–water partition coefficient (Wildman–Crippen LogP) is 1.25. The van der Waals surface area contributed by atoms with Gasteiger partial charge < -0.3 is 10.7 Å². The number of hydrogen-bond acceptors (Lipinski definition) is 3. The summed E-state index contributed by atoms with van der Waals surface area (Å²) in [6.07, 6.45) is 0. The maximum atomic E-state index is 11.7. The van der Waals surface area contributed by atoms with Crippen LogP contribution in [0.5, 0.6) is 0 Å². The average Bonchev–Trinajstić information content (AvgIpc) is 2.19. The van der Waals surface area contributed by atoms with Crippen molar-refractivity contribution in [2.45, 2.75) is 19.9 Å². The molecule has 0 saturated carbocycles. The molecule has 0 bridgehead atoms.